The summed E-state index contributed by atoms with van der Waals surface area (Å²) in [6.45, 7) is 4.30. The highest BCUT2D eigenvalue weighted by atomic mass is 16.1. The van der Waals surface area contributed by atoms with E-state index in [0.29, 0.717) is 12.1 Å². The van der Waals surface area contributed by atoms with E-state index >= 15 is 0 Å². The van der Waals surface area contributed by atoms with Gasteiger partial charge in [0.15, 0.2) is 0 Å². The molecule has 0 saturated carbocycles. The Morgan fingerprint density at radius 1 is 1.14 bits per heavy atom. The predicted molar refractivity (Wildman–Crippen MR) is 86.6 cm³/mol. The molecule has 0 aliphatic heterocycles. The Morgan fingerprint density at radius 2 is 1.95 bits per heavy atom. The molecule has 2 aromatic heterocycles. The molecule has 0 aliphatic rings. The summed E-state index contributed by atoms with van der Waals surface area (Å²) in [6.07, 6.45) is 1.74. The quantitative estimate of drug-likeness (QED) is 0.806. The highest BCUT2D eigenvalue weighted by Gasteiger charge is 2.12. The molecule has 0 fully saturated rings. The summed E-state index contributed by atoms with van der Waals surface area (Å²) in [4.78, 5) is 21.3. The fraction of sp³-hybridized carbons (Fsp3) is 0.167. The molecule has 3 aromatic rings. The number of nitrogens with zero attached hydrogens (tertiary/aromatic N) is 2. The van der Waals surface area contributed by atoms with Crippen molar-refractivity contribution in [2.75, 3.05) is 0 Å². The number of fused-ring (bicyclic) bond motifs is 1. The average molecular weight is 291 g/mol. The maximum absolute atomic E-state index is 12.5. The zero-order valence-electron chi connectivity index (χ0n) is 12.6. The molecule has 0 unspecified atom stereocenters. The number of nitrogens with one attached hydrogen (secondary N) is 1. The highest BCUT2D eigenvalue weighted by molar-refractivity contribution is 6.06. The van der Waals surface area contributed by atoms with Crippen LogP contribution in [0.4, 0.5) is 0 Å². The minimum absolute atomic E-state index is 0.105. The Labute approximate surface area is 129 Å². The van der Waals surface area contributed by atoms with Crippen LogP contribution < -0.4 is 5.32 Å². The first-order valence-corrected chi connectivity index (χ1v) is 7.20. The van der Waals surface area contributed by atoms with Gasteiger partial charge < -0.3 is 5.32 Å². The smallest absolute Gasteiger partial charge is 0.252 e. The van der Waals surface area contributed by atoms with Crippen molar-refractivity contribution in [1.82, 2.24) is 15.3 Å². The third-order valence-corrected chi connectivity index (χ3v) is 3.62. The van der Waals surface area contributed by atoms with Crippen LogP contribution in [0.2, 0.25) is 0 Å². The second-order valence-electron chi connectivity index (χ2n) is 5.28. The number of hydrogen-bond donors (Lipinski definition) is 1. The topological polar surface area (TPSA) is 54.9 Å². The minimum Gasteiger partial charge on any atom is -0.346 e. The first-order chi connectivity index (χ1) is 10.6. The van der Waals surface area contributed by atoms with E-state index in [-0.39, 0.29) is 5.91 Å². The van der Waals surface area contributed by atoms with Crippen LogP contribution in [0.5, 0.6) is 0 Å². The van der Waals surface area contributed by atoms with E-state index in [1.807, 2.05) is 56.3 Å². The molecule has 1 N–H and O–H groups in total. The van der Waals surface area contributed by atoms with Gasteiger partial charge in [-0.3, -0.25) is 14.8 Å². The number of pyridine rings is 2. The molecule has 4 nitrogen and oxygen atoms in total. The summed E-state index contributed by atoms with van der Waals surface area (Å²) in [5.74, 6) is -0.105. The number of benzene rings is 1. The van der Waals surface area contributed by atoms with Crippen molar-refractivity contribution < 1.29 is 4.79 Å². The molecule has 1 amide bonds. The van der Waals surface area contributed by atoms with Gasteiger partial charge in [0.2, 0.25) is 0 Å². The fourth-order valence-corrected chi connectivity index (χ4v) is 2.46. The van der Waals surface area contributed by atoms with Crippen LogP contribution in [-0.4, -0.2) is 15.9 Å². The lowest BCUT2D eigenvalue weighted by molar-refractivity contribution is 0.0952. The zero-order valence-corrected chi connectivity index (χ0v) is 12.6. The maximum Gasteiger partial charge on any atom is 0.252 e. The Balaban J connectivity index is 1.88. The number of aryl methyl sites for hydroxylation is 2. The normalized spacial score (nSPS) is 10.6. The number of carbonyl (C=O) groups excluding carboxylic acids is 1. The fourth-order valence-electron chi connectivity index (χ4n) is 2.46. The number of amides is 1. The summed E-state index contributed by atoms with van der Waals surface area (Å²) < 4.78 is 0. The van der Waals surface area contributed by atoms with Crippen molar-refractivity contribution in [3.8, 4) is 0 Å². The molecule has 0 spiro atoms. The number of hydrogen-bond acceptors (Lipinski definition) is 3. The molecule has 4 heteroatoms. The molecule has 0 bridgehead atoms. The molecule has 0 atom stereocenters. The van der Waals surface area contributed by atoms with Gasteiger partial charge in [0.1, 0.15) is 0 Å². The summed E-state index contributed by atoms with van der Waals surface area (Å²) in [7, 11) is 0. The lowest BCUT2D eigenvalue weighted by Crippen LogP contribution is -2.24. The molecule has 1 aromatic carbocycles. The summed E-state index contributed by atoms with van der Waals surface area (Å²) >= 11 is 0. The zero-order chi connectivity index (χ0) is 15.5. The molecular formula is C18H17N3O. The SMILES string of the molecule is Cc1cc(C(=O)NCc2ncccc2C)c2ccccc2n1. The molecule has 2 heterocycles. The monoisotopic (exact) mass is 291 g/mol. The Hall–Kier alpha value is -2.75. The molecule has 22 heavy (non-hydrogen) atoms. The Kier molecular flexibility index (Phi) is 3.83. The first kappa shape index (κ1) is 14.2. The highest BCUT2D eigenvalue weighted by Crippen LogP contribution is 2.18. The van der Waals surface area contributed by atoms with Gasteiger partial charge in [0, 0.05) is 17.3 Å². The van der Waals surface area contributed by atoms with E-state index in [1.165, 1.54) is 0 Å². The standard InChI is InChI=1S/C18H17N3O/c1-12-6-5-9-19-17(12)11-20-18(22)15-10-13(2)21-16-8-4-3-7-14(15)16/h3-10H,11H2,1-2H3,(H,20,22). The van der Waals surface area contributed by atoms with Crippen LogP contribution in [0.3, 0.4) is 0 Å². The van der Waals surface area contributed by atoms with Gasteiger partial charge in [-0.15, -0.1) is 0 Å². The van der Waals surface area contributed by atoms with Crippen LogP contribution in [0.25, 0.3) is 10.9 Å². The second-order valence-corrected chi connectivity index (χ2v) is 5.28. The minimum atomic E-state index is -0.105. The van der Waals surface area contributed by atoms with Crippen molar-refractivity contribution in [3.63, 3.8) is 0 Å². The maximum atomic E-state index is 12.5. The summed E-state index contributed by atoms with van der Waals surface area (Å²) in [5.41, 5.74) is 4.26. The van der Waals surface area contributed by atoms with Crippen LogP contribution in [0.15, 0.2) is 48.7 Å². The average Bonchev–Trinajstić information content (AvgIpc) is 2.53. The van der Waals surface area contributed by atoms with E-state index in [0.717, 1.165) is 27.9 Å². The van der Waals surface area contributed by atoms with Gasteiger partial charge in [-0.25, -0.2) is 0 Å². The van der Waals surface area contributed by atoms with E-state index in [9.17, 15) is 4.79 Å². The van der Waals surface area contributed by atoms with Crippen LogP contribution >= 0.6 is 0 Å². The number of aromatic nitrogens is 2. The molecular weight excluding hydrogens is 274 g/mol. The van der Waals surface area contributed by atoms with Gasteiger partial charge >= 0.3 is 0 Å². The van der Waals surface area contributed by atoms with Crippen molar-refractivity contribution >= 4 is 16.8 Å². The Morgan fingerprint density at radius 3 is 2.77 bits per heavy atom. The van der Waals surface area contributed by atoms with Gasteiger partial charge in [-0.1, -0.05) is 24.3 Å². The first-order valence-electron chi connectivity index (χ1n) is 7.20. The Bertz CT molecular complexity index is 843. The van der Waals surface area contributed by atoms with Gasteiger partial charge in [-0.05, 0) is 37.6 Å². The van der Waals surface area contributed by atoms with E-state index in [1.54, 1.807) is 6.20 Å². The van der Waals surface area contributed by atoms with Crippen molar-refractivity contribution in [2.24, 2.45) is 0 Å². The summed E-state index contributed by atoms with van der Waals surface area (Å²) in [5, 5.41) is 3.81. The van der Waals surface area contributed by atoms with Crippen LogP contribution in [-0.2, 0) is 6.54 Å². The molecule has 3 rings (SSSR count). The molecule has 0 radical (unpaired) electrons. The van der Waals surface area contributed by atoms with Gasteiger partial charge in [-0.2, -0.15) is 0 Å². The third-order valence-electron chi connectivity index (χ3n) is 3.62. The number of para-hydroxylation sites is 1. The van der Waals surface area contributed by atoms with Crippen molar-refractivity contribution in [2.45, 2.75) is 20.4 Å². The second kappa shape index (κ2) is 5.93. The number of carbonyl (C=O) groups is 1. The summed E-state index contributed by atoms with van der Waals surface area (Å²) in [6, 6.07) is 13.4. The van der Waals surface area contributed by atoms with Crippen molar-refractivity contribution in [1.29, 1.82) is 0 Å². The van der Waals surface area contributed by atoms with E-state index in [4.69, 9.17) is 0 Å². The predicted octanol–water partition coefficient (Wildman–Crippen LogP) is 3.18. The molecule has 0 aliphatic carbocycles. The number of rotatable bonds is 3. The molecule has 110 valence electrons. The lowest BCUT2D eigenvalue weighted by Gasteiger charge is -2.10. The van der Waals surface area contributed by atoms with Gasteiger partial charge in [0.05, 0.1) is 23.3 Å². The van der Waals surface area contributed by atoms with Gasteiger partial charge in [0.25, 0.3) is 5.91 Å². The molecule has 0 saturated heterocycles. The largest absolute Gasteiger partial charge is 0.346 e. The lowest BCUT2D eigenvalue weighted by atomic mass is 10.1. The van der Waals surface area contributed by atoms with Crippen LogP contribution in [0, 0.1) is 13.8 Å². The van der Waals surface area contributed by atoms with Crippen LogP contribution in [0.1, 0.15) is 27.3 Å². The van der Waals surface area contributed by atoms with E-state index < -0.39 is 0 Å². The van der Waals surface area contributed by atoms with E-state index in [2.05, 4.69) is 15.3 Å². The van der Waals surface area contributed by atoms with Crippen molar-refractivity contribution in [3.05, 3.63) is 71.2 Å². The third kappa shape index (κ3) is 2.81.